The van der Waals surface area contributed by atoms with Gasteiger partial charge in [0, 0.05) is 17.2 Å². The lowest BCUT2D eigenvalue weighted by atomic mass is 10.1. The van der Waals surface area contributed by atoms with E-state index < -0.39 is 16.1 Å². The van der Waals surface area contributed by atoms with E-state index in [1.165, 1.54) is 18.2 Å². The molecule has 1 fully saturated rings. The highest BCUT2D eigenvalue weighted by Crippen LogP contribution is 2.36. The maximum Gasteiger partial charge on any atom is 0.293 e. The lowest BCUT2D eigenvalue weighted by Crippen LogP contribution is -2.27. The van der Waals surface area contributed by atoms with E-state index in [2.05, 4.69) is 6.07 Å². The van der Waals surface area contributed by atoms with Gasteiger partial charge in [-0.15, -0.1) is 0 Å². The van der Waals surface area contributed by atoms with E-state index in [1.54, 1.807) is 42.5 Å². The molecule has 0 radical (unpaired) electrons. The van der Waals surface area contributed by atoms with E-state index in [0.717, 1.165) is 22.2 Å². The predicted molar refractivity (Wildman–Crippen MR) is 138 cm³/mol. The van der Waals surface area contributed by atoms with Gasteiger partial charge in [0.2, 0.25) is 0 Å². The van der Waals surface area contributed by atoms with Gasteiger partial charge in [0.05, 0.1) is 34.6 Å². The zero-order chi connectivity index (χ0) is 26.4. The first-order valence-electron chi connectivity index (χ1n) is 11.3. The molecule has 0 spiro atoms. The molecule has 1 aliphatic rings. The average Bonchev–Trinajstić information content (AvgIpc) is 3.16. The number of nitrogens with zero attached hydrogens (tertiary/aromatic N) is 3. The van der Waals surface area contributed by atoms with Crippen molar-refractivity contribution in [3.63, 3.8) is 0 Å². The fourth-order valence-corrected chi connectivity index (χ4v) is 4.53. The molecule has 186 valence electrons. The van der Waals surface area contributed by atoms with Gasteiger partial charge in [-0.1, -0.05) is 42.5 Å². The third-order valence-electron chi connectivity index (χ3n) is 5.48. The van der Waals surface area contributed by atoms with Crippen LogP contribution in [0.25, 0.3) is 6.08 Å². The highest BCUT2D eigenvalue weighted by molar-refractivity contribution is 8.18. The Morgan fingerprint density at radius 2 is 1.76 bits per heavy atom. The first kappa shape index (κ1) is 25.5. The summed E-state index contributed by atoms with van der Waals surface area (Å²) >= 11 is 0.771. The number of thioether (sulfide) groups is 1. The summed E-state index contributed by atoms with van der Waals surface area (Å²) in [5, 5.41) is 20.1. The van der Waals surface area contributed by atoms with Crippen molar-refractivity contribution in [1.82, 2.24) is 4.90 Å². The van der Waals surface area contributed by atoms with Crippen molar-refractivity contribution in [2.45, 2.75) is 20.1 Å². The van der Waals surface area contributed by atoms with E-state index in [0.29, 0.717) is 29.2 Å². The number of nitro groups is 1. The summed E-state index contributed by atoms with van der Waals surface area (Å²) in [5.41, 5.74) is 2.00. The van der Waals surface area contributed by atoms with Gasteiger partial charge in [-0.25, -0.2) is 0 Å². The summed E-state index contributed by atoms with van der Waals surface area (Å²) in [6.07, 6.45) is 1.57. The van der Waals surface area contributed by atoms with Gasteiger partial charge >= 0.3 is 0 Å². The second kappa shape index (κ2) is 11.4. The zero-order valence-electron chi connectivity index (χ0n) is 19.7. The van der Waals surface area contributed by atoms with Crippen LogP contribution in [0.2, 0.25) is 0 Å². The summed E-state index contributed by atoms with van der Waals surface area (Å²) in [6.45, 7) is 2.19. The minimum atomic E-state index is -0.540. The molecule has 0 aliphatic carbocycles. The minimum absolute atomic E-state index is 0.153. The molecule has 0 bridgehead atoms. The number of ether oxygens (including phenoxy) is 2. The number of carbonyl (C=O) groups excluding carboxylic acids is 2. The molecule has 0 unspecified atom stereocenters. The molecule has 37 heavy (non-hydrogen) atoms. The number of benzene rings is 3. The molecule has 3 aromatic carbocycles. The number of para-hydroxylation sites is 1. The van der Waals surface area contributed by atoms with Crippen LogP contribution in [0.15, 0.2) is 71.6 Å². The first-order chi connectivity index (χ1) is 17.9. The maximum atomic E-state index is 13.0. The van der Waals surface area contributed by atoms with E-state index >= 15 is 0 Å². The number of amides is 2. The summed E-state index contributed by atoms with van der Waals surface area (Å²) < 4.78 is 11.6. The van der Waals surface area contributed by atoms with Crippen molar-refractivity contribution in [2.24, 2.45) is 0 Å². The van der Waals surface area contributed by atoms with Gasteiger partial charge in [-0.05, 0) is 48.5 Å². The smallest absolute Gasteiger partial charge is 0.293 e. The molecule has 10 heteroatoms. The molecule has 4 rings (SSSR count). The third-order valence-corrected chi connectivity index (χ3v) is 6.38. The van der Waals surface area contributed by atoms with Crippen LogP contribution >= 0.6 is 11.8 Å². The van der Waals surface area contributed by atoms with Crippen LogP contribution in [0, 0.1) is 21.4 Å². The van der Waals surface area contributed by atoms with Crippen LogP contribution in [0.3, 0.4) is 0 Å². The molecule has 9 nitrogen and oxygen atoms in total. The lowest BCUT2D eigenvalue weighted by Gasteiger charge is -2.13. The van der Waals surface area contributed by atoms with Crippen LogP contribution in [-0.4, -0.2) is 27.6 Å². The number of nitriles is 1. The van der Waals surface area contributed by atoms with Gasteiger partial charge in [0.25, 0.3) is 16.8 Å². The molecule has 0 aromatic heterocycles. The molecule has 3 aromatic rings. The maximum absolute atomic E-state index is 13.0. The Hall–Kier alpha value is -4.62. The van der Waals surface area contributed by atoms with E-state index in [1.807, 2.05) is 19.1 Å². The van der Waals surface area contributed by atoms with Gasteiger partial charge < -0.3 is 9.47 Å². The zero-order valence-corrected chi connectivity index (χ0v) is 20.6. The summed E-state index contributed by atoms with van der Waals surface area (Å²) in [5.74, 6) is 0.389. The summed E-state index contributed by atoms with van der Waals surface area (Å²) in [4.78, 5) is 37.5. The van der Waals surface area contributed by atoms with Crippen LogP contribution in [0.4, 0.5) is 10.5 Å². The highest BCUT2D eigenvalue weighted by Gasteiger charge is 2.36. The standard InChI is InChI=1S/C27H21N3O6S/c1-2-35-24-13-18(11-12-23(24)36-17-21-9-4-3-7-19(21)15-28)14-25-26(31)29(27(32)37-25)16-20-8-5-6-10-22(20)30(33)34/h3-14H,2,16-17H2,1H3/b25-14+. The van der Waals surface area contributed by atoms with Crippen molar-refractivity contribution >= 4 is 34.7 Å². The summed E-state index contributed by atoms with van der Waals surface area (Å²) in [6, 6.07) is 20.4. The number of carbonyl (C=O) groups is 2. The van der Waals surface area contributed by atoms with Gasteiger partial charge in [0.1, 0.15) is 6.61 Å². The molecule has 1 aliphatic heterocycles. The normalized spacial score (nSPS) is 14.1. The number of nitro benzene ring substituents is 1. The van der Waals surface area contributed by atoms with Crippen LogP contribution in [0.1, 0.15) is 29.2 Å². The second-order valence-corrected chi connectivity index (χ2v) is 8.84. The Morgan fingerprint density at radius 1 is 1.03 bits per heavy atom. The topological polar surface area (TPSA) is 123 Å². The van der Waals surface area contributed by atoms with Crippen LogP contribution < -0.4 is 9.47 Å². The lowest BCUT2D eigenvalue weighted by molar-refractivity contribution is -0.385. The number of hydrogen-bond donors (Lipinski definition) is 0. The fourth-order valence-electron chi connectivity index (χ4n) is 3.69. The quantitative estimate of drug-likeness (QED) is 0.203. The van der Waals surface area contributed by atoms with Gasteiger partial charge in [-0.2, -0.15) is 5.26 Å². The highest BCUT2D eigenvalue weighted by atomic mass is 32.2. The van der Waals surface area contributed by atoms with Gasteiger partial charge in [-0.3, -0.25) is 24.6 Å². The average molecular weight is 516 g/mol. The molecular formula is C27H21N3O6S. The monoisotopic (exact) mass is 515 g/mol. The van der Waals surface area contributed by atoms with Crippen molar-refractivity contribution < 1.29 is 24.0 Å². The van der Waals surface area contributed by atoms with Crippen LogP contribution in [-0.2, 0) is 17.9 Å². The van der Waals surface area contributed by atoms with Crippen molar-refractivity contribution in [1.29, 1.82) is 5.26 Å². The van der Waals surface area contributed by atoms with Crippen molar-refractivity contribution in [2.75, 3.05) is 6.61 Å². The predicted octanol–water partition coefficient (Wildman–Crippen LogP) is 5.68. The Kier molecular flexibility index (Phi) is 7.86. The summed E-state index contributed by atoms with van der Waals surface area (Å²) in [7, 11) is 0. The second-order valence-electron chi connectivity index (χ2n) is 7.85. The molecule has 0 saturated carbocycles. The Bertz CT molecular complexity index is 1450. The molecular weight excluding hydrogens is 494 g/mol. The first-order valence-corrected chi connectivity index (χ1v) is 12.1. The molecule has 0 N–H and O–H groups in total. The minimum Gasteiger partial charge on any atom is -0.490 e. The number of rotatable bonds is 9. The van der Waals surface area contributed by atoms with Crippen LogP contribution in [0.5, 0.6) is 11.5 Å². The molecule has 2 amide bonds. The molecule has 1 saturated heterocycles. The van der Waals surface area contributed by atoms with Crippen molar-refractivity contribution in [3.8, 4) is 17.6 Å². The number of hydrogen-bond acceptors (Lipinski definition) is 8. The largest absolute Gasteiger partial charge is 0.490 e. The fraction of sp³-hybridized carbons (Fsp3) is 0.148. The molecule has 0 atom stereocenters. The Morgan fingerprint density at radius 3 is 2.49 bits per heavy atom. The Labute approximate surface area is 217 Å². The van der Waals surface area contributed by atoms with Crippen molar-refractivity contribution in [3.05, 3.63) is 104 Å². The van der Waals surface area contributed by atoms with E-state index in [4.69, 9.17) is 9.47 Å². The van der Waals surface area contributed by atoms with Gasteiger partial charge in [0.15, 0.2) is 11.5 Å². The van der Waals surface area contributed by atoms with E-state index in [-0.39, 0.29) is 29.3 Å². The SMILES string of the molecule is CCOc1cc(/C=C2/SC(=O)N(Cc3ccccc3[N+](=O)[O-])C2=O)ccc1OCc1ccccc1C#N. The van der Waals surface area contributed by atoms with E-state index in [9.17, 15) is 25.0 Å². The third kappa shape index (κ3) is 5.79. The Balaban J connectivity index is 1.53. The number of imide groups is 1. The molecule has 1 heterocycles.